The van der Waals surface area contributed by atoms with Crippen molar-refractivity contribution in [1.29, 1.82) is 5.26 Å². The van der Waals surface area contributed by atoms with Crippen molar-refractivity contribution in [2.45, 2.75) is 57.5 Å². The number of esters is 1. The first-order chi connectivity index (χ1) is 12.1. The fourth-order valence-electron chi connectivity index (χ4n) is 3.09. The van der Waals surface area contributed by atoms with Gasteiger partial charge in [-0.3, -0.25) is 19.3 Å². The maximum absolute atomic E-state index is 12.4. The van der Waals surface area contributed by atoms with Crippen LogP contribution in [0.3, 0.4) is 0 Å². The normalized spacial score (nSPS) is 20.7. The maximum atomic E-state index is 12.4. The van der Waals surface area contributed by atoms with Gasteiger partial charge in [0.2, 0.25) is 0 Å². The lowest BCUT2D eigenvalue weighted by Gasteiger charge is -2.27. The summed E-state index contributed by atoms with van der Waals surface area (Å²) >= 11 is 0. The number of carbonyl (C=O) groups is 4. The van der Waals surface area contributed by atoms with Crippen molar-refractivity contribution in [3.05, 3.63) is 0 Å². The lowest BCUT2D eigenvalue weighted by atomic mass is 9.90. The van der Waals surface area contributed by atoms with E-state index in [0.717, 1.165) is 17.7 Å². The van der Waals surface area contributed by atoms with Crippen LogP contribution in [0.15, 0.2) is 0 Å². The fraction of sp³-hybridized carbons (Fsp3) is 0.706. The molecule has 1 aliphatic heterocycles. The number of urea groups is 1. The van der Waals surface area contributed by atoms with Gasteiger partial charge in [0.1, 0.15) is 17.6 Å². The summed E-state index contributed by atoms with van der Waals surface area (Å²) in [5.74, 6) is -2.04. The molecule has 1 aliphatic carbocycles. The second-order valence-corrected chi connectivity index (χ2v) is 7.29. The molecule has 142 valence electrons. The highest BCUT2D eigenvalue weighted by molar-refractivity contribution is 6.08. The smallest absolute Gasteiger partial charge is 0.326 e. The van der Waals surface area contributed by atoms with E-state index < -0.39 is 48.0 Å². The molecular formula is C17H24N4O5. The molecule has 0 unspecified atom stereocenters. The topological polar surface area (TPSA) is 129 Å². The third-order valence-corrected chi connectivity index (χ3v) is 5.14. The molecule has 9 heteroatoms. The Morgan fingerprint density at radius 1 is 1.38 bits per heavy atom. The molecule has 2 rings (SSSR count). The molecule has 0 aromatic heterocycles. The van der Waals surface area contributed by atoms with Crippen LogP contribution in [0, 0.1) is 17.2 Å². The SMILES string of the molecule is CC(C)[C@](C)(C#N)NC(=O)COC(=O)CN1C(=O)NC2(CCCC2)C1=O. The van der Waals surface area contributed by atoms with Gasteiger partial charge in [0.05, 0.1) is 6.07 Å². The van der Waals surface area contributed by atoms with Gasteiger partial charge in [0.15, 0.2) is 6.61 Å². The van der Waals surface area contributed by atoms with E-state index in [0.29, 0.717) is 12.8 Å². The molecule has 1 saturated carbocycles. The van der Waals surface area contributed by atoms with Crippen LogP contribution < -0.4 is 10.6 Å². The van der Waals surface area contributed by atoms with E-state index in [1.165, 1.54) is 0 Å². The Bertz CT molecular complexity index is 663. The van der Waals surface area contributed by atoms with Crippen LogP contribution in [0.25, 0.3) is 0 Å². The second-order valence-electron chi connectivity index (χ2n) is 7.29. The summed E-state index contributed by atoms with van der Waals surface area (Å²) in [6.07, 6.45) is 2.82. The number of imide groups is 1. The van der Waals surface area contributed by atoms with E-state index in [1.807, 2.05) is 6.07 Å². The third kappa shape index (κ3) is 3.79. The highest BCUT2D eigenvalue weighted by Gasteiger charge is 2.52. The predicted molar refractivity (Wildman–Crippen MR) is 89.4 cm³/mol. The van der Waals surface area contributed by atoms with Crippen LogP contribution in [0.5, 0.6) is 0 Å². The zero-order valence-electron chi connectivity index (χ0n) is 15.3. The Morgan fingerprint density at radius 3 is 2.54 bits per heavy atom. The van der Waals surface area contributed by atoms with Gasteiger partial charge in [-0.05, 0) is 25.7 Å². The number of nitrogens with one attached hydrogen (secondary N) is 2. The van der Waals surface area contributed by atoms with Crippen LogP contribution in [0.1, 0.15) is 46.5 Å². The average molecular weight is 364 g/mol. The Hall–Kier alpha value is -2.63. The van der Waals surface area contributed by atoms with Gasteiger partial charge in [-0.15, -0.1) is 0 Å². The number of carbonyl (C=O) groups excluding carboxylic acids is 4. The number of ether oxygens (including phenoxy) is 1. The first-order valence-electron chi connectivity index (χ1n) is 8.65. The third-order valence-electron chi connectivity index (χ3n) is 5.14. The number of rotatable bonds is 6. The number of nitriles is 1. The minimum atomic E-state index is -1.08. The van der Waals surface area contributed by atoms with E-state index in [2.05, 4.69) is 10.6 Å². The van der Waals surface area contributed by atoms with Gasteiger partial charge in [-0.1, -0.05) is 26.7 Å². The van der Waals surface area contributed by atoms with E-state index >= 15 is 0 Å². The van der Waals surface area contributed by atoms with E-state index in [-0.39, 0.29) is 5.92 Å². The van der Waals surface area contributed by atoms with Crippen LogP contribution in [-0.4, -0.2) is 52.9 Å². The van der Waals surface area contributed by atoms with Crippen molar-refractivity contribution < 1.29 is 23.9 Å². The Morgan fingerprint density at radius 2 is 2.00 bits per heavy atom. The molecule has 2 fully saturated rings. The molecule has 0 aromatic rings. The van der Waals surface area contributed by atoms with Crippen molar-refractivity contribution >= 4 is 23.8 Å². The number of hydrogen-bond acceptors (Lipinski definition) is 6. The summed E-state index contributed by atoms with van der Waals surface area (Å²) in [7, 11) is 0. The minimum Gasteiger partial charge on any atom is -0.454 e. The van der Waals surface area contributed by atoms with Crippen LogP contribution in [-0.2, 0) is 19.1 Å². The Labute approximate surface area is 152 Å². The largest absolute Gasteiger partial charge is 0.454 e. The van der Waals surface area contributed by atoms with Gasteiger partial charge in [-0.2, -0.15) is 5.26 Å². The second kappa shape index (κ2) is 7.32. The van der Waals surface area contributed by atoms with Crippen LogP contribution in [0.2, 0.25) is 0 Å². The van der Waals surface area contributed by atoms with E-state index in [1.54, 1.807) is 20.8 Å². The summed E-state index contributed by atoms with van der Waals surface area (Å²) in [6.45, 7) is 4.01. The molecule has 1 saturated heterocycles. The van der Waals surface area contributed by atoms with Gasteiger partial charge < -0.3 is 15.4 Å². The fourth-order valence-corrected chi connectivity index (χ4v) is 3.09. The molecule has 9 nitrogen and oxygen atoms in total. The molecule has 1 spiro atoms. The minimum absolute atomic E-state index is 0.138. The monoisotopic (exact) mass is 364 g/mol. The molecule has 4 amide bonds. The lowest BCUT2D eigenvalue weighted by Crippen LogP contribution is -2.50. The van der Waals surface area contributed by atoms with Crippen molar-refractivity contribution in [2.75, 3.05) is 13.2 Å². The zero-order chi connectivity index (χ0) is 19.5. The standard InChI is InChI=1S/C17H24N4O5/c1-11(2)16(3,10-18)19-12(22)9-26-13(23)8-21-14(24)17(20-15(21)25)6-4-5-7-17/h11H,4-9H2,1-3H3,(H,19,22)(H,20,25)/t16-/m0/s1. The average Bonchev–Trinajstić information content (AvgIpc) is 3.14. The van der Waals surface area contributed by atoms with Crippen molar-refractivity contribution in [2.24, 2.45) is 5.92 Å². The molecule has 0 radical (unpaired) electrons. The van der Waals surface area contributed by atoms with Crippen molar-refractivity contribution in [3.8, 4) is 6.07 Å². The molecule has 0 aromatic carbocycles. The highest BCUT2D eigenvalue weighted by Crippen LogP contribution is 2.34. The molecule has 2 aliphatic rings. The van der Waals surface area contributed by atoms with Crippen molar-refractivity contribution in [3.63, 3.8) is 0 Å². The first-order valence-corrected chi connectivity index (χ1v) is 8.65. The maximum Gasteiger partial charge on any atom is 0.326 e. The highest BCUT2D eigenvalue weighted by atomic mass is 16.5. The molecule has 2 N–H and O–H groups in total. The Balaban J connectivity index is 1.86. The predicted octanol–water partition coefficient (Wildman–Crippen LogP) is 0.449. The molecular weight excluding hydrogens is 340 g/mol. The quantitative estimate of drug-likeness (QED) is 0.520. The van der Waals surface area contributed by atoms with Crippen LogP contribution in [0.4, 0.5) is 4.79 Å². The van der Waals surface area contributed by atoms with Gasteiger partial charge in [0, 0.05) is 0 Å². The van der Waals surface area contributed by atoms with Crippen LogP contribution >= 0.6 is 0 Å². The summed E-state index contributed by atoms with van der Waals surface area (Å²) in [5.41, 5.74) is -1.97. The summed E-state index contributed by atoms with van der Waals surface area (Å²) in [5, 5.41) is 14.3. The molecule has 1 atom stereocenters. The summed E-state index contributed by atoms with van der Waals surface area (Å²) in [4.78, 5) is 49.1. The van der Waals surface area contributed by atoms with Gasteiger partial charge in [-0.25, -0.2) is 4.79 Å². The lowest BCUT2D eigenvalue weighted by molar-refractivity contribution is -0.151. The van der Waals surface area contributed by atoms with E-state index in [4.69, 9.17) is 10.00 Å². The van der Waals surface area contributed by atoms with Gasteiger partial charge >= 0.3 is 12.0 Å². The Kier molecular flexibility index (Phi) is 5.54. The number of nitrogens with zero attached hydrogens (tertiary/aromatic N) is 2. The number of amides is 4. The first kappa shape index (κ1) is 19.7. The molecule has 0 bridgehead atoms. The molecule has 26 heavy (non-hydrogen) atoms. The van der Waals surface area contributed by atoms with E-state index in [9.17, 15) is 19.2 Å². The zero-order valence-corrected chi connectivity index (χ0v) is 15.3. The van der Waals surface area contributed by atoms with Gasteiger partial charge in [0.25, 0.3) is 11.8 Å². The summed E-state index contributed by atoms with van der Waals surface area (Å²) < 4.78 is 4.85. The molecule has 1 heterocycles. The number of hydrogen-bond donors (Lipinski definition) is 2. The summed E-state index contributed by atoms with van der Waals surface area (Å²) in [6, 6.07) is 1.40. The van der Waals surface area contributed by atoms with Crippen molar-refractivity contribution in [1.82, 2.24) is 15.5 Å².